The van der Waals surface area contributed by atoms with Crippen molar-refractivity contribution in [2.24, 2.45) is 0 Å². The van der Waals surface area contributed by atoms with Gasteiger partial charge in [-0.2, -0.15) is 13.2 Å². The number of aromatic nitrogens is 1. The minimum absolute atomic E-state index is 0.0550. The Balaban J connectivity index is 1.81. The van der Waals surface area contributed by atoms with Gasteiger partial charge in [-0.25, -0.2) is 4.79 Å². The highest BCUT2D eigenvalue weighted by atomic mass is 19.4. The highest BCUT2D eigenvalue weighted by molar-refractivity contribution is 6.05. The molecule has 0 fully saturated rings. The maximum atomic E-state index is 12.9. The third-order valence-electron chi connectivity index (χ3n) is 5.32. The van der Waals surface area contributed by atoms with Crippen LogP contribution in [0, 0.1) is 0 Å². The summed E-state index contributed by atoms with van der Waals surface area (Å²) in [5.74, 6) is -3.30. The first-order chi connectivity index (χ1) is 17.7. The fourth-order valence-electron chi connectivity index (χ4n) is 3.72. The van der Waals surface area contributed by atoms with E-state index in [1.54, 1.807) is 0 Å². The van der Waals surface area contributed by atoms with Crippen LogP contribution in [-0.4, -0.2) is 33.1 Å². The lowest BCUT2D eigenvalue weighted by Gasteiger charge is -2.14. The largest absolute Gasteiger partial charge is 0.573 e. The van der Waals surface area contributed by atoms with Crippen molar-refractivity contribution in [2.45, 2.75) is 19.0 Å². The van der Waals surface area contributed by atoms with E-state index in [1.165, 1.54) is 35.0 Å². The zero-order valence-electron chi connectivity index (χ0n) is 18.8. The van der Waals surface area contributed by atoms with Crippen LogP contribution in [0.1, 0.15) is 21.5 Å². The summed E-state index contributed by atoms with van der Waals surface area (Å²) in [4.78, 5) is 23.4. The molecule has 0 atom stereocenters. The highest BCUT2D eigenvalue weighted by Gasteiger charge is 2.31. The normalized spacial score (nSPS) is 11.9. The molecule has 0 aliphatic carbocycles. The Bertz CT molecular complexity index is 1510. The number of hydrogen-bond donors (Lipinski definition) is 2. The van der Waals surface area contributed by atoms with E-state index in [4.69, 9.17) is 4.74 Å². The predicted molar refractivity (Wildman–Crippen MR) is 120 cm³/mol. The Morgan fingerprint density at radius 1 is 0.842 bits per heavy atom. The van der Waals surface area contributed by atoms with Crippen LogP contribution in [0.4, 0.5) is 26.3 Å². The summed E-state index contributed by atoms with van der Waals surface area (Å²) in [6.45, 7) is 0. The molecule has 0 aliphatic rings. The quantitative estimate of drug-likeness (QED) is 0.255. The Kier molecular flexibility index (Phi) is 6.70. The molecule has 0 amide bonds. The molecule has 198 valence electrons. The highest BCUT2D eigenvalue weighted by Crippen LogP contribution is 2.36. The van der Waals surface area contributed by atoms with Gasteiger partial charge in [0.1, 0.15) is 17.2 Å². The van der Waals surface area contributed by atoms with E-state index in [0.29, 0.717) is 0 Å². The van der Waals surface area contributed by atoms with Crippen molar-refractivity contribution in [2.75, 3.05) is 0 Å². The first-order valence-electron chi connectivity index (χ1n) is 10.6. The van der Waals surface area contributed by atoms with Gasteiger partial charge >= 0.3 is 24.5 Å². The monoisotopic (exact) mass is 539 g/mol. The van der Waals surface area contributed by atoms with E-state index >= 15 is 0 Å². The maximum absolute atomic E-state index is 12.9. The van der Waals surface area contributed by atoms with Crippen LogP contribution >= 0.6 is 0 Å². The summed E-state index contributed by atoms with van der Waals surface area (Å²) >= 11 is 0. The van der Waals surface area contributed by atoms with Crippen LogP contribution in [0.3, 0.4) is 0 Å². The molecule has 0 saturated carbocycles. The lowest BCUT2D eigenvalue weighted by molar-refractivity contribution is -0.274. The van der Waals surface area contributed by atoms with Gasteiger partial charge in [0.15, 0.2) is 0 Å². The molecule has 0 saturated heterocycles. The number of aliphatic carboxylic acids is 1. The molecule has 0 aliphatic heterocycles. The molecular weight excluding hydrogens is 524 g/mol. The Morgan fingerprint density at radius 3 is 1.97 bits per heavy atom. The number of fused-ring (bicyclic) bond motifs is 1. The number of halogens is 6. The van der Waals surface area contributed by atoms with Gasteiger partial charge in [-0.05, 0) is 60.7 Å². The van der Waals surface area contributed by atoms with Crippen LogP contribution in [0.15, 0.2) is 66.9 Å². The minimum Gasteiger partial charge on any atom is -0.481 e. The number of alkyl halides is 6. The van der Waals surface area contributed by atoms with E-state index in [9.17, 15) is 46.1 Å². The van der Waals surface area contributed by atoms with Gasteiger partial charge in [0.2, 0.25) is 0 Å². The molecule has 4 aromatic rings. The third-order valence-corrected chi connectivity index (χ3v) is 5.32. The van der Waals surface area contributed by atoms with Crippen LogP contribution in [0.25, 0.3) is 16.6 Å². The number of carbonyl (C=O) groups is 2. The number of carboxylic acids is 2. The van der Waals surface area contributed by atoms with Crippen LogP contribution in [0.2, 0.25) is 0 Å². The smallest absolute Gasteiger partial charge is 0.481 e. The van der Waals surface area contributed by atoms with Gasteiger partial charge in [0, 0.05) is 22.8 Å². The summed E-state index contributed by atoms with van der Waals surface area (Å²) in [5.41, 5.74) is -0.659. The number of nitrogens with zero attached hydrogens (tertiary/aromatic N) is 1. The second-order valence-electron chi connectivity index (χ2n) is 7.93. The molecule has 0 bridgehead atoms. The van der Waals surface area contributed by atoms with Crippen LogP contribution in [-0.2, 0) is 17.4 Å². The average Bonchev–Trinajstić information content (AvgIpc) is 3.17. The lowest BCUT2D eigenvalue weighted by atomic mass is 10.1. The second kappa shape index (κ2) is 9.65. The number of hydrogen-bond acceptors (Lipinski definition) is 4. The van der Waals surface area contributed by atoms with Crippen molar-refractivity contribution in [1.82, 2.24) is 4.57 Å². The van der Waals surface area contributed by atoms with Crippen molar-refractivity contribution in [3.8, 4) is 22.9 Å². The summed E-state index contributed by atoms with van der Waals surface area (Å²) in [5, 5.41) is 19.2. The molecule has 4 rings (SSSR count). The molecule has 1 heterocycles. The summed E-state index contributed by atoms with van der Waals surface area (Å²) in [7, 11) is 0. The minimum atomic E-state index is -4.91. The SMILES string of the molecule is O=C(O)Cc1cc2c(cc1Oc1ccc(C(F)(F)F)cc1)c(C(=O)O)cn2-c1ccc(OC(F)(F)F)cc1. The number of benzene rings is 3. The number of carboxylic acid groups (broad SMARTS) is 2. The first kappa shape index (κ1) is 26.4. The van der Waals surface area contributed by atoms with Crippen molar-refractivity contribution >= 4 is 22.8 Å². The van der Waals surface area contributed by atoms with Gasteiger partial charge in [0.25, 0.3) is 0 Å². The van der Waals surface area contributed by atoms with Crippen molar-refractivity contribution in [1.29, 1.82) is 0 Å². The van der Waals surface area contributed by atoms with Crippen molar-refractivity contribution in [3.05, 3.63) is 83.6 Å². The Labute approximate surface area is 209 Å². The van der Waals surface area contributed by atoms with Gasteiger partial charge in [0.05, 0.1) is 23.1 Å². The molecule has 3 aromatic carbocycles. The van der Waals surface area contributed by atoms with Gasteiger partial charge in [-0.15, -0.1) is 13.2 Å². The standard InChI is InChI=1S/C25H15F6NO6/c26-24(27,28)14-1-5-16(6-2-14)37-21-11-18-19(23(35)36)12-32(20(18)9-13(21)10-22(33)34)15-3-7-17(8-4-15)38-25(29,30)31/h1-9,11-12H,10H2,(H,33,34)(H,35,36). The zero-order valence-corrected chi connectivity index (χ0v) is 18.8. The number of rotatable bonds is 7. The summed E-state index contributed by atoms with van der Waals surface area (Å²) in [6.07, 6.45) is -8.88. The van der Waals surface area contributed by atoms with E-state index < -0.39 is 42.2 Å². The van der Waals surface area contributed by atoms with E-state index in [2.05, 4.69) is 4.74 Å². The van der Waals surface area contributed by atoms with E-state index in [0.717, 1.165) is 36.4 Å². The van der Waals surface area contributed by atoms with Crippen molar-refractivity contribution in [3.63, 3.8) is 0 Å². The molecule has 0 unspecified atom stereocenters. The van der Waals surface area contributed by atoms with Crippen molar-refractivity contribution < 1.29 is 55.6 Å². The molecule has 13 heteroatoms. The maximum Gasteiger partial charge on any atom is 0.573 e. The van der Waals surface area contributed by atoms with Gasteiger partial charge in [-0.3, -0.25) is 4.79 Å². The number of aromatic carboxylic acids is 1. The summed E-state index contributed by atoms with van der Waals surface area (Å²) < 4.78 is 86.8. The Hall–Kier alpha value is -4.68. The van der Waals surface area contributed by atoms with E-state index in [1.807, 2.05) is 0 Å². The Morgan fingerprint density at radius 2 is 1.45 bits per heavy atom. The van der Waals surface area contributed by atoms with Crippen LogP contribution < -0.4 is 9.47 Å². The third kappa shape index (κ3) is 5.82. The molecule has 0 spiro atoms. The van der Waals surface area contributed by atoms with Crippen LogP contribution in [0.5, 0.6) is 17.2 Å². The van der Waals surface area contributed by atoms with Gasteiger partial charge in [-0.1, -0.05) is 0 Å². The molecule has 0 radical (unpaired) electrons. The lowest BCUT2D eigenvalue weighted by Crippen LogP contribution is -2.17. The predicted octanol–water partition coefficient (Wildman–Crippen LogP) is 6.67. The zero-order chi connectivity index (χ0) is 27.8. The molecule has 1 aromatic heterocycles. The average molecular weight is 539 g/mol. The fraction of sp³-hybridized carbons (Fsp3) is 0.120. The summed E-state index contributed by atoms with van der Waals surface area (Å²) in [6, 6.07) is 10.7. The number of ether oxygens (including phenoxy) is 2. The topological polar surface area (TPSA) is 98.0 Å². The second-order valence-corrected chi connectivity index (χ2v) is 7.93. The molecular formula is C25H15F6NO6. The van der Waals surface area contributed by atoms with Gasteiger partial charge < -0.3 is 24.3 Å². The molecule has 2 N–H and O–H groups in total. The first-order valence-corrected chi connectivity index (χ1v) is 10.6. The van der Waals surface area contributed by atoms with E-state index in [-0.39, 0.29) is 39.2 Å². The molecule has 7 nitrogen and oxygen atoms in total. The fourth-order valence-corrected chi connectivity index (χ4v) is 3.72. The molecule has 38 heavy (non-hydrogen) atoms.